The Kier molecular flexibility index (Phi) is 5.35. The van der Waals surface area contributed by atoms with Crippen molar-refractivity contribution in [2.24, 2.45) is 0 Å². The molecule has 2 aromatic carbocycles. The number of phenolic OH excluding ortho intramolecular Hbond substituents is 1. The number of nitrogens with zero attached hydrogens (tertiary/aromatic N) is 2. The van der Waals surface area contributed by atoms with Gasteiger partial charge in [0.15, 0.2) is 0 Å². The van der Waals surface area contributed by atoms with Gasteiger partial charge < -0.3 is 15.7 Å². The Hall–Kier alpha value is -3.32. The molecule has 2 amide bonds. The summed E-state index contributed by atoms with van der Waals surface area (Å²) in [4.78, 5) is 25.2. The summed E-state index contributed by atoms with van der Waals surface area (Å²) in [5.41, 5.74) is 2.68. The minimum Gasteiger partial charge on any atom is -0.507 e. The highest BCUT2D eigenvalue weighted by molar-refractivity contribution is 6.34. The SMILES string of the molecule is O=C(Nc1ccc(-c2cc(C3CCC3)n(C(=O)NC3CC3)n2)c(O)c1)c1ccccc1Cl. The van der Waals surface area contributed by atoms with Crippen LogP contribution >= 0.6 is 11.6 Å². The molecule has 7 nitrogen and oxygen atoms in total. The van der Waals surface area contributed by atoms with E-state index >= 15 is 0 Å². The Morgan fingerprint density at radius 1 is 1.06 bits per heavy atom. The van der Waals surface area contributed by atoms with Crippen LogP contribution in [-0.4, -0.2) is 32.9 Å². The highest BCUT2D eigenvalue weighted by Gasteiger charge is 2.30. The van der Waals surface area contributed by atoms with Crippen molar-refractivity contribution in [2.75, 3.05) is 5.32 Å². The molecule has 0 aliphatic heterocycles. The average Bonchev–Trinajstić information content (AvgIpc) is 3.44. The number of hydrogen-bond donors (Lipinski definition) is 3. The van der Waals surface area contributed by atoms with E-state index in [9.17, 15) is 14.7 Å². The van der Waals surface area contributed by atoms with E-state index in [4.69, 9.17) is 11.6 Å². The summed E-state index contributed by atoms with van der Waals surface area (Å²) in [5, 5.41) is 21.3. The Morgan fingerprint density at radius 2 is 1.84 bits per heavy atom. The van der Waals surface area contributed by atoms with E-state index in [0.717, 1.165) is 37.8 Å². The van der Waals surface area contributed by atoms with Crippen molar-refractivity contribution < 1.29 is 14.7 Å². The number of amides is 2. The van der Waals surface area contributed by atoms with Gasteiger partial charge in [0.25, 0.3) is 5.91 Å². The molecule has 2 aliphatic carbocycles. The number of benzene rings is 2. The number of halogens is 1. The van der Waals surface area contributed by atoms with Gasteiger partial charge in [-0.25, -0.2) is 4.79 Å². The second-order valence-corrected chi connectivity index (χ2v) is 8.79. The van der Waals surface area contributed by atoms with Gasteiger partial charge in [-0.15, -0.1) is 0 Å². The van der Waals surface area contributed by atoms with Gasteiger partial charge in [0.1, 0.15) is 5.75 Å². The number of phenols is 1. The first-order chi connectivity index (χ1) is 15.5. The molecule has 0 saturated heterocycles. The number of nitrogens with one attached hydrogen (secondary N) is 2. The van der Waals surface area contributed by atoms with Crippen molar-refractivity contribution in [1.29, 1.82) is 0 Å². The minimum atomic E-state index is -0.365. The second kappa shape index (κ2) is 8.31. The molecule has 5 rings (SSSR count). The third-order valence-electron chi connectivity index (χ3n) is 6.01. The lowest BCUT2D eigenvalue weighted by Gasteiger charge is -2.25. The molecule has 8 heteroatoms. The van der Waals surface area contributed by atoms with Gasteiger partial charge in [-0.2, -0.15) is 9.78 Å². The molecule has 3 aromatic rings. The third-order valence-corrected chi connectivity index (χ3v) is 6.34. The zero-order chi connectivity index (χ0) is 22.2. The molecule has 0 bridgehead atoms. The van der Waals surface area contributed by atoms with E-state index in [2.05, 4.69) is 15.7 Å². The topological polar surface area (TPSA) is 96.3 Å². The summed E-state index contributed by atoms with van der Waals surface area (Å²) >= 11 is 6.09. The number of carbonyl (C=O) groups is 2. The van der Waals surface area contributed by atoms with Crippen LogP contribution in [0.1, 0.15) is 54.1 Å². The van der Waals surface area contributed by atoms with Crippen molar-refractivity contribution in [3.63, 3.8) is 0 Å². The fraction of sp³-hybridized carbons (Fsp3) is 0.292. The van der Waals surface area contributed by atoms with E-state index in [-0.39, 0.29) is 23.7 Å². The lowest BCUT2D eigenvalue weighted by molar-refractivity contribution is 0.102. The highest BCUT2D eigenvalue weighted by Crippen LogP contribution is 2.39. The van der Waals surface area contributed by atoms with Crippen LogP contribution in [0.15, 0.2) is 48.5 Å². The van der Waals surface area contributed by atoms with Gasteiger partial charge in [0, 0.05) is 29.3 Å². The first-order valence-electron chi connectivity index (χ1n) is 10.8. The highest BCUT2D eigenvalue weighted by atomic mass is 35.5. The predicted molar refractivity (Wildman–Crippen MR) is 122 cm³/mol. The number of anilines is 1. The largest absolute Gasteiger partial charge is 0.507 e. The maximum atomic E-state index is 12.7. The summed E-state index contributed by atoms with van der Waals surface area (Å²) in [5.74, 6) is -0.0945. The number of hydrogen-bond acceptors (Lipinski definition) is 4. The first kappa shape index (κ1) is 20.6. The molecule has 3 N–H and O–H groups in total. The molecule has 2 saturated carbocycles. The Morgan fingerprint density at radius 3 is 2.50 bits per heavy atom. The maximum absolute atomic E-state index is 12.7. The number of aromatic nitrogens is 2. The van der Waals surface area contributed by atoms with Crippen LogP contribution in [0.3, 0.4) is 0 Å². The molecule has 0 spiro atoms. The summed E-state index contributed by atoms with van der Waals surface area (Å²) in [7, 11) is 0. The quantitative estimate of drug-likeness (QED) is 0.501. The van der Waals surface area contributed by atoms with Crippen molar-refractivity contribution in [2.45, 2.75) is 44.1 Å². The molecule has 1 heterocycles. The molecular weight excluding hydrogens is 428 g/mol. The number of aromatic hydroxyl groups is 1. The van der Waals surface area contributed by atoms with Crippen molar-refractivity contribution in [3.8, 4) is 17.0 Å². The molecule has 0 unspecified atom stereocenters. The summed E-state index contributed by atoms with van der Waals surface area (Å²) < 4.78 is 1.45. The van der Waals surface area contributed by atoms with E-state index in [1.807, 2.05) is 6.07 Å². The number of rotatable bonds is 5. The van der Waals surface area contributed by atoms with Crippen LogP contribution in [0, 0.1) is 0 Å². The smallest absolute Gasteiger partial charge is 0.342 e. The number of carbonyl (C=O) groups excluding carboxylic acids is 2. The zero-order valence-electron chi connectivity index (χ0n) is 17.3. The molecule has 0 atom stereocenters. The molecule has 164 valence electrons. The Balaban J connectivity index is 1.40. The first-order valence-corrected chi connectivity index (χ1v) is 11.2. The monoisotopic (exact) mass is 450 g/mol. The molecule has 32 heavy (non-hydrogen) atoms. The van der Waals surface area contributed by atoms with Gasteiger partial charge in [-0.05, 0) is 56.0 Å². The molecular formula is C24H23ClN4O3. The van der Waals surface area contributed by atoms with Gasteiger partial charge in [0.2, 0.25) is 0 Å². The summed E-state index contributed by atoms with van der Waals surface area (Å²) in [6.45, 7) is 0. The lowest BCUT2D eigenvalue weighted by atomic mass is 9.82. The third kappa shape index (κ3) is 4.08. The van der Waals surface area contributed by atoms with Gasteiger partial charge in [-0.3, -0.25) is 4.79 Å². The Bertz CT molecular complexity index is 1200. The van der Waals surface area contributed by atoms with Crippen molar-refractivity contribution in [1.82, 2.24) is 15.1 Å². The standard InChI is InChI=1S/C24H23ClN4O3/c25-19-7-2-1-6-17(19)23(31)26-16-10-11-18(22(30)12-16)20-13-21(14-4-3-5-14)29(28-20)24(32)27-15-8-9-15/h1-2,6-7,10-15,30H,3-5,8-9H2,(H,26,31)(H,27,32). The Labute approximate surface area is 190 Å². The van der Waals surface area contributed by atoms with Crippen LogP contribution in [0.25, 0.3) is 11.3 Å². The normalized spacial score (nSPS) is 15.8. The second-order valence-electron chi connectivity index (χ2n) is 8.38. The predicted octanol–water partition coefficient (Wildman–Crippen LogP) is 5.15. The molecule has 1 aromatic heterocycles. The minimum absolute atomic E-state index is 0.0330. The van der Waals surface area contributed by atoms with Gasteiger partial charge >= 0.3 is 6.03 Å². The van der Waals surface area contributed by atoms with Crippen LogP contribution in [0.5, 0.6) is 5.75 Å². The van der Waals surface area contributed by atoms with Gasteiger partial charge in [0.05, 0.1) is 22.0 Å². The van der Waals surface area contributed by atoms with E-state index in [0.29, 0.717) is 33.4 Å². The van der Waals surface area contributed by atoms with Crippen LogP contribution in [0.2, 0.25) is 5.02 Å². The average molecular weight is 451 g/mol. The fourth-order valence-corrected chi connectivity index (χ4v) is 4.04. The van der Waals surface area contributed by atoms with Crippen LogP contribution in [0.4, 0.5) is 10.5 Å². The van der Waals surface area contributed by atoms with E-state index in [1.54, 1.807) is 36.4 Å². The van der Waals surface area contributed by atoms with Gasteiger partial charge in [-0.1, -0.05) is 30.2 Å². The maximum Gasteiger partial charge on any atom is 0.342 e. The summed E-state index contributed by atoms with van der Waals surface area (Å²) in [6, 6.07) is 13.5. The molecule has 2 aliphatic rings. The summed E-state index contributed by atoms with van der Waals surface area (Å²) in [6.07, 6.45) is 5.20. The van der Waals surface area contributed by atoms with Crippen molar-refractivity contribution in [3.05, 3.63) is 64.8 Å². The molecule has 2 fully saturated rings. The molecule has 0 radical (unpaired) electrons. The van der Waals surface area contributed by atoms with Crippen LogP contribution in [-0.2, 0) is 0 Å². The fourth-order valence-electron chi connectivity index (χ4n) is 3.82. The lowest BCUT2D eigenvalue weighted by Crippen LogP contribution is -2.33. The van der Waals surface area contributed by atoms with Crippen molar-refractivity contribution >= 4 is 29.2 Å². The van der Waals surface area contributed by atoms with Crippen LogP contribution < -0.4 is 10.6 Å². The zero-order valence-corrected chi connectivity index (χ0v) is 18.1. The van der Waals surface area contributed by atoms with E-state index in [1.165, 1.54) is 10.7 Å². The van der Waals surface area contributed by atoms with E-state index < -0.39 is 0 Å².